The molecule has 1 fully saturated rings. The monoisotopic (exact) mass is 434 g/mol. The number of fused-ring (bicyclic) bond motifs is 2. The van der Waals surface area contributed by atoms with Crippen molar-refractivity contribution < 1.29 is 18.7 Å². The Kier molecular flexibility index (Phi) is 5.19. The van der Waals surface area contributed by atoms with Gasteiger partial charge in [0.15, 0.2) is 0 Å². The van der Waals surface area contributed by atoms with E-state index in [1.807, 2.05) is 54.6 Å². The molecule has 5 rings (SSSR count). The number of hydrogen-bond acceptors (Lipinski definition) is 5. The highest BCUT2D eigenvalue weighted by Crippen LogP contribution is 2.37. The Bertz CT molecular complexity index is 1110. The number of hydrogen-bond donors (Lipinski definition) is 1. The largest absolute Gasteiger partial charge is 0.497 e. The van der Waals surface area contributed by atoms with Gasteiger partial charge >= 0.3 is 0 Å². The van der Waals surface area contributed by atoms with Crippen LogP contribution < -0.4 is 10.1 Å². The normalized spacial score (nSPS) is 20.1. The second-order valence-electron chi connectivity index (χ2n) is 7.64. The first-order valence-corrected chi connectivity index (χ1v) is 11.2. The van der Waals surface area contributed by atoms with Crippen molar-refractivity contribution in [1.29, 1.82) is 0 Å². The van der Waals surface area contributed by atoms with Crippen molar-refractivity contribution in [1.82, 2.24) is 4.90 Å². The van der Waals surface area contributed by atoms with Crippen LogP contribution in [0.15, 0.2) is 65.3 Å². The maximum Gasteiger partial charge on any atom is 0.256 e. The Balaban J connectivity index is 1.41. The van der Waals surface area contributed by atoms with Crippen molar-refractivity contribution in [3.63, 3.8) is 0 Å². The second-order valence-corrected chi connectivity index (χ2v) is 8.87. The predicted molar refractivity (Wildman–Crippen MR) is 120 cm³/mol. The average molecular weight is 435 g/mol. The number of nitrogens with zero attached hydrogens (tertiary/aromatic N) is 1. The van der Waals surface area contributed by atoms with Crippen molar-refractivity contribution in [2.45, 2.75) is 23.5 Å². The summed E-state index contributed by atoms with van der Waals surface area (Å²) in [4.78, 5) is 28.2. The van der Waals surface area contributed by atoms with Gasteiger partial charge in [-0.25, -0.2) is 0 Å². The lowest BCUT2D eigenvalue weighted by Gasteiger charge is -2.24. The average Bonchev–Trinajstić information content (AvgIpc) is 3.45. The summed E-state index contributed by atoms with van der Waals surface area (Å²) in [6.45, 7) is 0.568. The van der Waals surface area contributed by atoms with Crippen molar-refractivity contribution >= 4 is 29.3 Å². The molecule has 3 heterocycles. The fourth-order valence-corrected chi connectivity index (χ4v) is 5.48. The fraction of sp³-hybridized carbons (Fsp3) is 0.250. The molecule has 31 heavy (non-hydrogen) atoms. The summed E-state index contributed by atoms with van der Waals surface area (Å²) in [5.41, 5.74) is 3.00. The lowest BCUT2D eigenvalue weighted by atomic mass is 10.0. The van der Waals surface area contributed by atoms with E-state index in [0.29, 0.717) is 23.5 Å². The van der Waals surface area contributed by atoms with Gasteiger partial charge in [-0.05, 0) is 53.9 Å². The Morgan fingerprint density at radius 3 is 2.68 bits per heavy atom. The first-order valence-electron chi connectivity index (χ1n) is 10.2. The van der Waals surface area contributed by atoms with E-state index in [2.05, 4.69) is 5.32 Å². The van der Waals surface area contributed by atoms with Crippen LogP contribution in [0.25, 0.3) is 11.1 Å². The molecule has 2 amide bonds. The molecule has 158 valence electrons. The van der Waals surface area contributed by atoms with Crippen molar-refractivity contribution in [3.8, 4) is 16.9 Å². The molecule has 0 saturated carbocycles. The number of carbonyl (C=O) groups is 2. The Labute approximate surface area is 184 Å². The lowest BCUT2D eigenvalue weighted by Crippen LogP contribution is -2.44. The smallest absolute Gasteiger partial charge is 0.256 e. The van der Waals surface area contributed by atoms with Crippen LogP contribution in [0.1, 0.15) is 22.5 Å². The topological polar surface area (TPSA) is 71.8 Å². The molecular weight excluding hydrogens is 412 g/mol. The van der Waals surface area contributed by atoms with Gasteiger partial charge in [-0.3, -0.25) is 9.59 Å². The van der Waals surface area contributed by atoms with Gasteiger partial charge in [-0.2, -0.15) is 0 Å². The van der Waals surface area contributed by atoms with E-state index in [-0.39, 0.29) is 17.1 Å². The van der Waals surface area contributed by atoms with Crippen LogP contribution >= 0.6 is 11.8 Å². The number of rotatable bonds is 5. The predicted octanol–water partition coefficient (Wildman–Crippen LogP) is 4.42. The summed E-state index contributed by atoms with van der Waals surface area (Å²) >= 11 is 1.66. The van der Waals surface area contributed by atoms with E-state index in [0.717, 1.165) is 29.1 Å². The van der Waals surface area contributed by atoms with Crippen LogP contribution in [0.3, 0.4) is 0 Å². The van der Waals surface area contributed by atoms with Gasteiger partial charge < -0.3 is 19.4 Å². The zero-order chi connectivity index (χ0) is 21.4. The molecule has 1 aromatic heterocycles. The maximum atomic E-state index is 13.4. The molecule has 3 aromatic rings. The molecule has 1 saturated heterocycles. The minimum atomic E-state index is -0.482. The molecule has 0 spiro atoms. The van der Waals surface area contributed by atoms with Gasteiger partial charge in [0.05, 0.1) is 30.4 Å². The number of amides is 2. The molecule has 2 aromatic carbocycles. The molecule has 0 bridgehead atoms. The lowest BCUT2D eigenvalue weighted by molar-refractivity contribution is -0.119. The van der Waals surface area contributed by atoms with E-state index >= 15 is 0 Å². The quantitative estimate of drug-likeness (QED) is 0.644. The minimum Gasteiger partial charge on any atom is -0.497 e. The summed E-state index contributed by atoms with van der Waals surface area (Å²) in [5, 5.41) is 3.02. The molecule has 2 aliphatic rings. The molecule has 7 heteroatoms. The molecule has 1 N–H and O–H groups in total. The van der Waals surface area contributed by atoms with Gasteiger partial charge in [0.25, 0.3) is 5.91 Å². The van der Waals surface area contributed by atoms with Gasteiger partial charge in [0.2, 0.25) is 5.91 Å². The summed E-state index contributed by atoms with van der Waals surface area (Å²) in [7, 11) is 1.63. The van der Waals surface area contributed by atoms with Gasteiger partial charge in [-0.15, -0.1) is 11.8 Å². The molecule has 6 nitrogen and oxygen atoms in total. The van der Waals surface area contributed by atoms with Gasteiger partial charge in [0, 0.05) is 11.8 Å². The van der Waals surface area contributed by atoms with E-state index in [1.165, 1.54) is 0 Å². The first-order chi connectivity index (χ1) is 15.1. The number of ether oxygens (including phenoxy) is 1. The summed E-state index contributed by atoms with van der Waals surface area (Å²) < 4.78 is 10.6. The molecule has 0 unspecified atom stereocenters. The van der Waals surface area contributed by atoms with E-state index in [1.54, 1.807) is 30.0 Å². The van der Waals surface area contributed by atoms with E-state index in [4.69, 9.17) is 9.15 Å². The Hall–Kier alpha value is -3.19. The zero-order valence-electron chi connectivity index (χ0n) is 17.0. The van der Waals surface area contributed by atoms with Crippen LogP contribution in [-0.4, -0.2) is 41.7 Å². The highest BCUT2D eigenvalue weighted by atomic mass is 32.2. The van der Waals surface area contributed by atoms with Crippen LogP contribution in [0.4, 0.5) is 5.69 Å². The van der Waals surface area contributed by atoms with Crippen LogP contribution in [-0.2, 0) is 10.5 Å². The SMILES string of the molecule is COc1ccc(-c2ccc3c(c2)C(=O)N2CC[C@H](SCc4ccco4)[C@H]2C(=O)N3)cc1. The molecule has 0 aliphatic carbocycles. The van der Waals surface area contributed by atoms with Crippen molar-refractivity contribution in [2.75, 3.05) is 19.0 Å². The number of benzene rings is 2. The summed E-state index contributed by atoms with van der Waals surface area (Å²) in [5.74, 6) is 2.10. The standard InChI is InChI=1S/C24H22N2O4S/c1-29-17-7-4-15(5-8-17)16-6-9-20-19(13-16)24(28)26-11-10-21(22(26)23(27)25-20)31-14-18-3-2-12-30-18/h2-9,12-13,21-22H,10-11,14H2,1H3,(H,25,27)/t21-,22-/m0/s1. The van der Waals surface area contributed by atoms with Gasteiger partial charge in [0.1, 0.15) is 17.6 Å². The van der Waals surface area contributed by atoms with Crippen molar-refractivity contribution in [2.24, 2.45) is 0 Å². The van der Waals surface area contributed by atoms with E-state index in [9.17, 15) is 9.59 Å². The number of anilines is 1. The number of methoxy groups -OCH3 is 1. The molecule has 2 atom stereocenters. The van der Waals surface area contributed by atoms with Gasteiger partial charge in [-0.1, -0.05) is 18.2 Å². The number of furan rings is 1. The highest BCUT2D eigenvalue weighted by molar-refractivity contribution is 7.99. The zero-order valence-corrected chi connectivity index (χ0v) is 17.9. The third-order valence-corrected chi connectivity index (χ3v) is 7.20. The number of nitrogens with one attached hydrogen (secondary N) is 1. The Morgan fingerprint density at radius 1 is 1.13 bits per heavy atom. The molecular formula is C24H22N2O4S. The molecule has 0 radical (unpaired) electrons. The van der Waals surface area contributed by atoms with Crippen LogP contribution in [0.2, 0.25) is 0 Å². The molecule has 2 aliphatic heterocycles. The third-order valence-electron chi connectivity index (χ3n) is 5.82. The first kappa shape index (κ1) is 19.8. The minimum absolute atomic E-state index is 0.0319. The van der Waals surface area contributed by atoms with Crippen molar-refractivity contribution in [3.05, 3.63) is 72.2 Å². The number of carbonyl (C=O) groups excluding carboxylic acids is 2. The third kappa shape index (κ3) is 3.70. The summed E-state index contributed by atoms with van der Waals surface area (Å²) in [6, 6.07) is 16.6. The maximum absolute atomic E-state index is 13.4. The Morgan fingerprint density at radius 2 is 1.94 bits per heavy atom. The summed E-state index contributed by atoms with van der Waals surface area (Å²) in [6.07, 6.45) is 2.43. The highest BCUT2D eigenvalue weighted by Gasteiger charge is 2.44. The van der Waals surface area contributed by atoms with Crippen LogP contribution in [0.5, 0.6) is 5.75 Å². The number of thioether (sulfide) groups is 1. The van der Waals surface area contributed by atoms with E-state index < -0.39 is 6.04 Å². The fourth-order valence-electron chi connectivity index (χ4n) is 4.22. The second kappa shape index (κ2) is 8.15. The van der Waals surface area contributed by atoms with Crippen LogP contribution in [0, 0.1) is 0 Å².